The van der Waals surface area contributed by atoms with Gasteiger partial charge in [-0.15, -0.1) is 23.1 Å². The van der Waals surface area contributed by atoms with Crippen LogP contribution in [0.4, 0.5) is 10.7 Å². The van der Waals surface area contributed by atoms with E-state index in [0.717, 1.165) is 34.6 Å². The molecule has 0 saturated carbocycles. The number of amides is 3. The fourth-order valence-corrected chi connectivity index (χ4v) is 8.03. The number of benzene rings is 3. The molecule has 3 aromatic carbocycles. The quantitative estimate of drug-likeness (QED) is 0.0730. The third-order valence-electron chi connectivity index (χ3n) is 8.20. The van der Waals surface area contributed by atoms with Gasteiger partial charge in [0.25, 0.3) is 11.8 Å². The molecule has 9 nitrogen and oxygen atoms in total. The molecule has 2 atom stereocenters. The summed E-state index contributed by atoms with van der Waals surface area (Å²) in [6.07, 6.45) is 4.78. The summed E-state index contributed by atoms with van der Waals surface area (Å²) < 4.78 is 10.6. The zero-order valence-corrected chi connectivity index (χ0v) is 30.2. The Bertz CT molecular complexity index is 1870. The average molecular weight is 712 g/mol. The van der Waals surface area contributed by atoms with Crippen LogP contribution in [0.5, 0.6) is 5.75 Å². The van der Waals surface area contributed by atoms with Crippen molar-refractivity contribution >= 4 is 63.6 Å². The number of thioether (sulfide) groups is 1. The Labute approximate surface area is 300 Å². The summed E-state index contributed by atoms with van der Waals surface area (Å²) in [6.45, 7) is 6.56. The third kappa shape index (κ3) is 9.22. The van der Waals surface area contributed by atoms with E-state index in [1.807, 2.05) is 26.0 Å². The van der Waals surface area contributed by atoms with Crippen molar-refractivity contribution in [3.8, 4) is 5.75 Å². The van der Waals surface area contributed by atoms with E-state index in [1.165, 1.54) is 30.2 Å². The minimum absolute atomic E-state index is 0.0568. The minimum Gasteiger partial charge on any atom is -0.494 e. The zero-order chi connectivity index (χ0) is 35.6. The van der Waals surface area contributed by atoms with Gasteiger partial charge in [0.15, 0.2) is 0 Å². The van der Waals surface area contributed by atoms with E-state index >= 15 is 0 Å². The summed E-state index contributed by atoms with van der Waals surface area (Å²) >= 11 is 2.82. The minimum atomic E-state index is -0.513. The molecule has 0 radical (unpaired) electrons. The number of carbonyl (C=O) groups excluding carboxylic acids is 4. The van der Waals surface area contributed by atoms with Gasteiger partial charge in [-0.05, 0) is 98.2 Å². The lowest BCUT2D eigenvalue weighted by Crippen LogP contribution is -2.30. The Morgan fingerprint density at radius 2 is 1.74 bits per heavy atom. The zero-order valence-electron chi connectivity index (χ0n) is 28.5. The number of thiophene rings is 1. The van der Waals surface area contributed by atoms with Crippen LogP contribution in [0.25, 0.3) is 6.08 Å². The van der Waals surface area contributed by atoms with E-state index in [-0.39, 0.29) is 11.6 Å². The van der Waals surface area contributed by atoms with Crippen molar-refractivity contribution in [2.45, 2.75) is 56.6 Å². The van der Waals surface area contributed by atoms with Crippen LogP contribution in [0.1, 0.15) is 70.3 Å². The summed E-state index contributed by atoms with van der Waals surface area (Å²) in [5.74, 6) is -0.372. The Hall–Kier alpha value is -4.87. The lowest BCUT2D eigenvalue weighted by atomic mass is 9.88. The number of ether oxygens (including phenoxy) is 2. The first-order chi connectivity index (χ1) is 24.2. The summed E-state index contributed by atoms with van der Waals surface area (Å²) in [7, 11) is 1.36. The molecule has 0 aliphatic heterocycles. The van der Waals surface area contributed by atoms with E-state index < -0.39 is 23.0 Å². The van der Waals surface area contributed by atoms with Gasteiger partial charge in [-0.1, -0.05) is 50.2 Å². The van der Waals surface area contributed by atoms with Crippen molar-refractivity contribution in [1.82, 2.24) is 5.32 Å². The average Bonchev–Trinajstić information content (AvgIpc) is 3.47. The summed E-state index contributed by atoms with van der Waals surface area (Å²) in [4.78, 5) is 55.0. The maximum Gasteiger partial charge on any atom is 0.341 e. The molecule has 50 heavy (non-hydrogen) atoms. The molecule has 0 fully saturated rings. The molecule has 3 N–H and O–H groups in total. The first kappa shape index (κ1) is 36.4. The molecule has 11 heteroatoms. The number of esters is 1. The highest BCUT2D eigenvalue weighted by atomic mass is 32.2. The van der Waals surface area contributed by atoms with E-state index in [2.05, 4.69) is 22.9 Å². The second kappa shape index (κ2) is 17.2. The number of methoxy groups -OCH3 is 1. The number of hydrogen-bond donors (Lipinski definition) is 3. The van der Waals surface area contributed by atoms with Crippen LogP contribution in [0.3, 0.4) is 0 Å². The van der Waals surface area contributed by atoms with Crippen molar-refractivity contribution < 1.29 is 28.7 Å². The molecule has 1 aliphatic carbocycles. The van der Waals surface area contributed by atoms with E-state index in [1.54, 1.807) is 72.8 Å². The van der Waals surface area contributed by atoms with Crippen molar-refractivity contribution in [2.75, 3.05) is 24.4 Å². The predicted molar refractivity (Wildman–Crippen MR) is 200 cm³/mol. The largest absolute Gasteiger partial charge is 0.494 e. The molecule has 260 valence electrons. The SMILES string of the molecule is CCOc1ccc(/C=C(/NC(=O)c2ccccc2)C(=O)Nc2cccc(SC(CC)C(=O)Nc3sc4c(c3C(=O)OC)CCC(C)C4)c2)cc1. The first-order valence-electron chi connectivity index (χ1n) is 16.6. The number of anilines is 2. The highest BCUT2D eigenvalue weighted by Crippen LogP contribution is 2.40. The molecule has 5 rings (SSSR count). The third-order valence-corrected chi connectivity index (χ3v) is 10.7. The maximum absolute atomic E-state index is 13.6. The van der Waals surface area contributed by atoms with Gasteiger partial charge in [-0.25, -0.2) is 4.79 Å². The number of nitrogens with one attached hydrogen (secondary N) is 3. The molecule has 1 aromatic heterocycles. The summed E-state index contributed by atoms with van der Waals surface area (Å²) in [5, 5.41) is 8.75. The fourth-order valence-electron chi connectivity index (χ4n) is 5.62. The van der Waals surface area contributed by atoms with Crippen molar-refractivity contribution in [1.29, 1.82) is 0 Å². The summed E-state index contributed by atoms with van der Waals surface area (Å²) in [5.41, 5.74) is 3.11. The van der Waals surface area contributed by atoms with E-state index in [0.29, 0.717) is 52.1 Å². The van der Waals surface area contributed by atoms with Crippen LogP contribution < -0.4 is 20.7 Å². The highest BCUT2D eigenvalue weighted by molar-refractivity contribution is 8.00. The van der Waals surface area contributed by atoms with Crippen LogP contribution >= 0.6 is 23.1 Å². The maximum atomic E-state index is 13.6. The number of carbonyl (C=O) groups is 4. The van der Waals surface area contributed by atoms with Gasteiger partial charge in [-0.3, -0.25) is 14.4 Å². The first-order valence-corrected chi connectivity index (χ1v) is 18.3. The van der Waals surface area contributed by atoms with Crippen molar-refractivity contribution in [2.24, 2.45) is 5.92 Å². The monoisotopic (exact) mass is 711 g/mol. The second-order valence-electron chi connectivity index (χ2n) is 11.9. The van der Waals surface area contributed by atoms with Crippen LogP contribution in [0.15, 0.2) is 89.5 Å². The molecular weight excluding hydrogens is 671 g/mol. The molecule has 1 aliphatic rings. The molecule has 1 heterocycles. The number of rotatable bonds is 13. The lowest BCUT2D eigenvalue weighted by Gasteiger charge is -2.18. The van der Waals surface area contributed by atoms with E-state index in [9.17, 15) is 19.2 Å². The Morgan fingerprint density at radius 3 is 2.44 bits per heavy atom. The second-order valence-corrected chi connectivity index (χ2v) is 14.3. The smallest absolute Gasteiger partial charge is 0.341 e. The Morgan fingerprint density at radius 1 is 0.980 bits per heavy atom. The van der Waals surface area contributed by atoms with Gasteiger partial charge in [0.1, 0.15) is 16.4 Å². The van der Waals surface area contributed by atoms with Crippen molar-refractivity contribution in [3.63, 3.8) is 0 Å². The Balaban J connectivity index is 1.32. The molecule has 3 amide bonds. The van der Waals surface area contributed by atoms with Gasteiger partial charge in [-0.2, -0.15) is 0 Å². The molecule has 0 saturated heterocycles. The van der Waals surface area contributed by atoms with Gasteiger partial charge < -0.3 is 25.4 Å². The molecule has 0 spiro atoms. The topological polar surface area (TPSA) is 123 Å². The van der Waals surface area contributed by atoms with Gasteiger partial charge >= 0.3 is 5.97 Å². The van der Waals surface area contributed by atoms with Crippen LogP contribution in [0, 0.1) is 5.92 Å². The Kier molecular flexibility index (Phi) is 12.5. The van der Waals surface area contributed by atoms with Gasteiger partial charge in [0.2, 0.25) is 5.91 Å². The van der Waals surface area contributed by atoms with Gasteiger partial charge in [0.05, 0.1) is 24.5 Å². The molecule has 4 aromatic rings. The lowest BCUT2D eigenvalue weighted by molar-refractivity contribution is -0.116. The van der Waals surface area contributed by atoms with Crippen LogP contribution in [-0.2, 0) is 27.2 Å². The molecule has 0 bridgehead atoms. The number of hydrogen-bond acceptors (Lipinski definition) is 8. The number of fused-ring (bicyclic) bond motifs is 1. The van der Waals surface area contributed by atoms with Crippen LogP contribution in [-0.4, -0.2) is 42.7 Å². The predicted octanol–water partition coefficient (Wildman–Crippen LogP) is 7.98. The van der Waals surface area contributed by atoms with Crippen LogP contribution in [0.2, 0.25) is 0 Å². The molecule has 2 unspecified atom stereocenters. The standard InChI is InChI=1S/C39H41N3O6S2/c1-5-32(37(45)42-38-34(39(46)47-4)30-20-15-24(3)21-33(30)50-38)49-29-14-10-13-27(23-29)40-36(44)31(41-35(43)26-11-8-7-9-12-26)22-25-16-18-28(19-17-25)48-6-2/h7-14,16-19,22-24,32H,5-6,15,20-21H2,1-4H3,(H,40,44)(H,41,43)(H,42,45)/b31-22+. The highest BCUT2D eigenvalue weighted by Gasteiger charge is 2.30. The van der Waals surface area contributed by atoms with Gasteiger partial charge in [0, 0.05) is 21.0 Å². The van der Waals surface area contributed by atoms with E-state index in [4.69, 9.17) is 9.47 Å². The molecular formula is C39H41N3O6S2. The normalized spacial score (nSPS) is 14.6. The van der Waals surface area contributed by atoms with Crippen molar-refractivity contribution in [3.05, 3.63) is 112 Å². The summed E-state index contributed by atoms with van der Waals surface area (Å²) in [6, 6.07) is 23.1. The fraction of sp³-hybridized carbons (Fsp3) is 0.282.